The maximum atomic E-state index is 11.6. The molecule has 1 aromatic carbocycles. The van der Waals surface area contributed by atoms with Crippen LogP contribution in [0.25, 0.3) is 0 Å². The molecule has 0 unspecified atom stereocenters. The number of hydrogen-bond donors (Lipinski definition) is 0. The Morgan fingerprint density at radius 3 is 2.35 bits per heavy atom. The number of rotatable bonds is 6. The molecule has 0 saturated carbocycles. The van der Waals surface area contributed by atoms with Crippen molar-refractivity contribution >= 4 is 53.6 Å². The third-order valence-electron chi connectivity index (χ3n) is 2.17. The smallest absolute Gasteiger partial charge is 0.162 e. The van der Waals surface area contributed by atoms with Gasteiger partial charge >= 0.3 is 0 Å². The van der Waals surface area contributed by atoms with Crippen LogP contribution in [0.3, 0.4) is 0 Å². The Balaban J connectivity index is 2.90. The van der Waals surface area contributed by atoms with Gasteiger partial charge in [0, 0.05) is 17.3 Å². The van der Waals surface area contributed by atoms with Gasteiger partial charge in [-0.25, -0.2) is 0 Å². The third-order valence-corrected chi connectivity index (χ3v) is 3.90. The fourth-order valence-corrected chi connectivity index (χ4v) is 2.94. The fraction of sp³-hybridized carbons (Fsp3) is 0.417. The molecule has 0 fully saturated rings. The van der Waals surface area contributed by atoms with Crippen molar-refractivity contribution in [3.05, 3.63) is 26.6 Å². The van der Waals surface area contributed by atoms with Gasteiger partial charge in [0.15, 0.2) is 5.78 Å². The van der Waals surface area contributed by atoms with Gasteiger partial charge in [0.25, 0.3) is 0 Å². The number of halogens is 3. The Morgan fingerprint density at radius 1 is 1.29 bits per heavy atom. The first-order chi connectivity index (χ1) is 8.10. The number of carbonyl (C=O) groups is 1. The first-order valence-electron chi connectivity index (χ1n) is 5.31. The summed E-state index contributed by atoms with van der Waals surface area (Å²) in [6.07, 6.45) is 1.44. The van der Waals surface area contributed by atoms with Gasteiger partial charge in [-0.05, 0) is 50.4 Å². The average Bonchev–Trinajstić information content (AvgIpc) is 2.31. The van der Waals surface area contributed by atoms with E-state index in [4.69, 9.17) is 4.74 Å². The Morgan fingerprint density at radius 2 is 1.88 bits per heavy atom. The maximum absolute atomic E-state index is 11.6. The van der Waals surface area contributed by atoms with E-state index in [1.807, 2.05) is 6.92 Å². The van der Waals surface area contributed by atoms with Crippen LogP contribution in [0.5, 0.6) is 5.75 Å². The first-order valence-corrected chi connectivity index (χ1v) is 8.01. The second-order valence-corrected chi connectivity index (χ2v) is 5.94. The summed E-state index contributed by atoms with van der Waals surface area (Å²) in [6, 6.07) is 3.61. The summed E-state index contributed by atoms with van der Waals surface area (Å²) in [6.45, 7) is 2.49. The molecule has 0 amide bonds. The monoisotopic (exact) mass is 426 g/mol. The summed E-state index contributed by atoms with van der Waals surface area (Å²) in [5, 5.41) is 0.911. The van der Waals surface area contributed by atoms with Crippen LogP contribution >= 0.6 is 47.8 Å². The molecular formula is C12H13Br3O2. The van der Waals surface area contributed by atoms with Crippen LogP contribution in [-0.4, -0.2) is 17.7 Å². The van der Waals surface area contributed by atoms with Crippen molar-refractivity contribution in [1.29, 1.82) is 0 Å². The van der Waals surface area contributed by atoms with E-state index in [0.717, 1.165) is 26.4 Å². The van der Waals surface area contributed by atoms with Gasteiger partial charge in [-0.3, -0.25) is 4.79 Å². The molecule has 2 nitrogen and oxygen atoms in total. The highest BCUT2D eigenvalue weighted by Crippen LogP contribution is 2.35. The minimum atomic E-state index is 0.124. The molecule has 0 bridgehead atoms. The molecule has 0 atom stereocenters. The molecule has 94 valence electrons. The predicted octanol–water partition coefficient (Wildman–Crippen LogP) is 4.97. The van der Waals surface area contributed by atoms with Crippen LogP contribution < -0.4 is 4.74 Å². The fourth-order valence-electron chi connectivity index (χ4n) is 1.29. The molecule has 5 heteroatoms. The van der Waals surface area contributed by atoms with Gasteiger partial charge in [0.2, 0.25) is 0 Å². The van der Waals surface area contributed by atoms with Crippen molar-refractivity contribution in [3.63, 3.8) is 0 Å². The molecule has 0 saturated heterocycles. The van der Waals surface area contributed by atoms with Crippen molar-refractivity contribution in [3.8, 4) is 5.75 Å². The van der Waals surface area contributed by atoms with Gasteiger partial charge in [-0.1, -0.05) is 22.9 Å². The zero-order valence-electron chi connectivity index (χ0n) is 9.43. The summed E-state index contributed by atoms with van der Waals surface area (Å²) in [4.78, 5) is 11.6. The minimum Gasteiger partial charge on any atom is -0.491 e. The summed E-state index contributed by atoms with van der Waals surface area (Å²) in [7, 11) is 0. The lowest BCUT2D eigenvalue weighted by Gasteiger charge is -2.11. The highest BCUT2D eigenvalue weighted by atomic mass is 79.9. The summed E-state index contributed by atoms with van der Waals surface area (Å²) < 4.78 is 7.25. The van der Waals surface area contributed by atoms with Crippen LogP contribution in [0.2, 0.25) is 0 Å². The first kappa shape index (κ1) is 15.2. The van der Waals surface area contributed by atoms with E-state index in [9.17, 15) is 4.79 Å². The van der Waals surface area contributed by atoms with Gasteiger partial charge < -0.3 is 4.74 Å². The second-order valence-electron chi connectivity index (χ2n) is 3.44. The van der Waals surface area contributed by atoms with Crippen LogP contribution in [0.15, 0.2) is 21.1 Å². The van der Waals surface area contributed by atoms with Crippen LogP contribution in [0.4, 0.5) is 0 Å². The van der Waals surface area contributed by atoms with Crippen molar-refractivity contribution in [2.75, 3.05) is 11.9 Å². The van der Waals surface area contributed by atoms with E-state index in [0.29, 0.717) is 18.6 Å². The summed E-state index contributed by atoms with van der Waals surface area (Å²) in [5.74, 6) is 0.872. The van der Waals surface area contributed by atoms with Crippen LogP contribution in [-0.2, 0) is 0 Å². The van der Waals surface area contributed by atoms with E-state index in [-0.39, 0.29) is 5.78 Å². The van der Waals surface area contributed by atoms with Crippen molar-refractivity contribution in [2.24, 2.45) is 0 Å². The highest BCUT2D eigenvalue weighted by Gasteiger charge is 2.12. The number of benzene rings is 1. The topological polar surface area (TPSA) is 26.3 Å². The second kappa shape index (κ2) is 7.54. The molecule has 0 spiro atoms. The summed E-state index contributed by atoms with van der Waals surface area (Å²) >= 11 is 10.2. The Hall–Kier alpha value is 0.130. The van der Waals surface area contributed by atoms with Crippen LogP contribution in [0, 0.1) is 0 Å². The molecule has 0 aliphatic carbocycles. The van der Waals surface area contributed by atoms with E-state index in [1.54, 1.807) is 12.1 Å². The summed E-state index contributed by atoms with van der Waals surface area (Å²) in [5.41, 5.74) is 0.694. The van der Waals surface area contributed by atoms with Gasteiger partial charge in [-0.2, -0.15) is 0 Å². The minimum absolute atomic E-state index is 0.124. The molecule has 0 aliphatic heterocycles. The molecule has 0 aliphatic rings. The molecule has 0 aromatic heterocycles. The largest absolute Gasteiger partial charge is 0.491 e. The van der Waals surface area contributed by atoms with E-state index in [1.165, 1.54) is 0 Å². The molecule has 17 heavy (non-hydrogen) atoms. The van der Waals surface area contributed by atoms with Gasteiger partial charge in [0.05, 0.1) is 15.6 Å². The van der Waals surface area contributed by atoms with E-state index >= 15 is 0 Å². The lowest BCUT2D eigenvalue weighted by atomic mass is 10.1. The zero-order valence-corrected chi connectivity index (χ0v) is 14.2. The lowest BCUT2D eigenvalue weighted by molar-refractivity contribution is 0.0988. The van der Waals surface area contributed by atoms with Crippen molar-refractivity contribution in [1.82, 2.24) is 0 Å². The third kappa shape index (κ3) is 4.38. The number of ether oxygens (including phenoxy) is 1. The lowest BCUT2D eigenvalue weighted by Crippen LogP contribution is -2.02. The van der Waals surface area contributed by atoms with Gasteiger partial charge in [-0.15, -0.1) is 0 Å². The Kier molecular flexibility index (Phi) is 6.74. The molecule has 1 aromatic rings. The number of hydrogen-bond acceptors (Lipinski definition) is 2. The number of Topliss-reactive ketones (excluding diaryl/α,β-unsaturated/α-hetero) is 1. The molecule has 0 radical (unpaired) electrons. The molecule has 0 N–H and O–H groups in total. The highest BCUT2D eigenvalue weighted by molar-refractivity contribution is 9.11. The van der Waals surface area contributed by atoms with E-state index in [2.05, 4.69) is 47.8 Å². The molecule has 0 heterocycles. The van der Waals surface area contributed by atoms with Gasteiger partial charge in [0.1, 0.15) is 5.75 Å². The quantitative estimate of drug-likeness (QED) is 0.363. The average molecular weight is 429 g/mol. The number of ketones is 1. The SMILES string of the molecule is CCC(=O)c1cc(Br)c(OCCCBr)c(Br)c1. The molecular weight excluding hydrogens is 416 g/mol. The number of carbonyl (C=O) groups excluding carboxylic acids is 1. The predicted molar refractivity (Wildman–Crippen MR) is 80.4 cm³/mol. The Bertz CT molecular complexity index is 382. The van der Waals surface area contributed by atoms with Crippen LogP contribution in [0.1, 0.15) is 30.1 Å². The molecule has 1 rings (SSSR count). The number of alkyl halides is 1. The maximum Gasteiger partial charge on any atom is 0.162 e. The zero-order chi connectivity index (χ0) is 12.8. The van der Waals surface area contributed by atoms with Crippen molar-refractivity contribution < 1.29 is 9.53 Å². The van der Waals surface area contributed by atoms with E-state index < -0.39 is 0 Å². The van der Waals surface area contributed by atoms with Crippen molar-refractivity contribution in [2.45, 2.75) is 19.8 Å². The Labute approximate surface area is 126 Å². The normalized spacial score (nSPS) is 10.4. The standard InChI is InChI=1S/C12H13Br3O2/c1-2-11(16)8-6-9(14)12(10(15)7-8)17-5-3-4-13/h6-7H,2-5H2,1H3.